The van der Waals surface area contributed by atoms with Crippen molar-refractivity contribution in [2.45, 2.75) is 32.6 Å². The SMILES string of the molecule is [2H]C([2H])([2H])N(C)C(=O)/C=C/CCCCOc1ccc(/C(=C(/CC)c2ccccc2)c2ccc3[nH]ncc3c2)cc1. The molecule has 37 heavy (non-hydrogen) atoms. The van der Waals surface area contributed by atoms with Crippen LogP contribution in [-0.2, 0) is 4.79 Å². The van der Waals surface area contributed by atoms with Gasteiger partial charge in [0.05, 0.1) is 18.3 Å². The molecule has 0 aliphatic rings. The lowest BCUT2D eigenvalue weighted by atomic mass is 9.88. The van der Waals surface area contributed by atoms with Gasteiger partial charge in [-0.2, -0.15) is 5.10 Å². The van der Waals surface area contributed by atoms with Crippen LogP contribution in [0.4, 0.5) is 0 Å². The predicted octanol–water partition coefficient (Wildman–Crippen LogP) is 7.13. The van der Waals surface area contributed by atoms with Crippen molar-refractivity contribution in [3.63, 3.8) is 0 Å². The zero-order valence-corrected chi connectivity index (χ0v) is 21.4. The van der Waals surface area contributed by atoms with Crippen LogP contribution in [-0.4, -0.2) is 41.6 Å². The zero-order valence-electron chi connectivity index (χ0n) is 24.4. The summed E-state index contributed by atoms with van der Waals surface area (Å²) in [6.07, 6.45) is 8.10. The molecule has 5 nitrogen and oxygen atoms in total. The van der Waals surface area contributed by atoms with Crippen LogP contribution in [0.15, 0.2) is 91.1 Å². The fourth-order valence-corrected chi connectivity index (χ4v) is 4.35. The first-order chi connectivity index (χ1) is 19.3. The van der Waals surface area contributed by atoms with E-state index in [1.807, 2.05) is 24.4 Å². The van der Waals surface area contributed by atoms with Gasteiger partial charge in [-0.1, -0.05) is 61.5 Å². The number of benzene rings is 3. The number of carbonyl (C=O) groups is 1. The molecule has 0 unspecified atom stereocenters. The summed E-state index contributed by atoms with van der Waals surface area (Å²) in [7, 11) is 1.28. The van der Waals surface area contributed by atoms with Crippen LogP contribution in [0.3, 0.4) is 0 Å². The van der Waals surface area contributed by atoms with Crippen molar-refractivity contribution in [2.75, 3.05) is 20.6 Å². The van der Waals surface area contributed by atoms with Gasteiger partial charge in [0.25, 0.3) is 0 Å². The second-order valence-corrected chi connectivity index (χ2v) is 8.91. The van der Waals surface area contributed by atoms with Crippen LogP contribution in [0, 0.1) is 0 Å². The summed E-state index contributed by atoms with van der Waals surface area (Å²) in [5, 5.41) is 8.29. The highest BCUT2D eigenvalue weighted by atomic mass is 16.5. The first-order valence-electron chi connectivity index (χ1n) is 14.2. The normalized spacial score (nSPS) is 13.6. The van der Waals surface area contributed by atoms with Crippen LogP contribution < -0.4 is 4.74 Å². The van der Waals surface area contributed by atoms with E-state index < -0.39 is 12.9 Å². The van der Waals surface area contributed by atoms with E-state index in [9.17, 15) is 4.79 Å². The molecule has 3 aromatic carbocycles. The predicted molar refractivity (Wildman–Crippen MR) is 152 cm³/mol. The van der Waals surface area contributed by atoms with Gasteiger partial charge >= 0.3 is 0 Å². The fourth-order valence-electron chi connectivity index (χ4n) is 4.35. The highest BCUT2D eigenvalue weighted by Crippen LogP contribution is 2.36. The molecule has 4 rings (SSSR count). The number of likely N-dealkylation sites (N-methyl/N-ethyl adjacent to an activating group) is 1. The molecular weight excluding hydrogens is 458 g/mol. The fraction of sp³-hybridized carbons (Fsp3) is 0.250. The molecule has 0 aliphatic heterocycles. The summed E-state index contributed by atoms with van der Waals surface area (Å²) >= 11 is 0. The largest absolute Gasteiger partial charge is 0.494 e. The second-order valence-electron chi connectivity index (χ2n) is 8.91. The maximum Gasteiger partial charge on any atom is 0.245 e. The van der Waals surface area contributed by atoms with E-state index >= 15 is 0 Å². The lowest BCUT2D eigenvalue weighted by Crippen LogP contribution is -2.18. The third-order valence-electron chi connectivity index (χ3n) is 6.27. The van der Waals surface area contributed by atoms with Crippen molar-refractivity contribution in [1.29, 1.82) is 0 Å². The van der Waals surface area contributed by atoms with E-state index in [2.05, 4.69) is 71.7 Å². The number of carbonyl (C=O) groups excluding carboxylic acids is 1. The Balaban J connectivity index is 1.43. The van der Waals surface area contributed by atoms with Crippen LogP contribution in [0.5, 0.6) is 5.75 Å². The number of hydrogen-bond acceptors (Lipinski definition) is 3. The van der Waals surface area contributed by atoms with Gasteiger partial charge in [-0.15, -0.1) is 0 Å². The topological polar surface area (TPSA) is 58.2 Å². The monoisotopic (exact) mass is 496 g/mol. The number of rotatable bonds is 11. The van der Waals surface area contributed by atoms with Crippen LogP contribution >= 0.6 is 0 Å². The summed E-state index contributed by atoms with van der Waals surface area (Å²) in [5.74, 6) is 0.282. The number of fused-ring (bicyclic) bond motifs is 1. The molecule has 0 atom stereocenters. The van der Waals surface area contributed by atoms with E-state index in [0.29, 0.717) is 13.0 Å². The summed E-state index contributed by atoms with van der Waals surface area (Å²) in [6.45, 7) is 0.321. The lowest BCUT2D eigenvalue weighted by molar-refractivity contribution is -0.123. The van der Waals surface area contributed by atoms with Gasteiger partial charge in [-0.25, -0.2) is 0 Å². The van der Waals surface area contributed by atoms with Crippen molar-refractivity contribution in [3.8, 4) is 5.75 Å². The highest BCUT2D eigenvalue weighted by molar-refractivity contribution is 6.00. The Hall–Kier alpha value is -4.12. The summed E-state index contributed by atoms with van der Waals surface area (Å²) in [6, 6.07) is 25.1. The van der Waals surface area contributed by atoms with Gasteiger partial charge in [0, 0.05) is 23.5 Å². The van der Waals surface area contributed by atoms with E-state index in [1.165, 1.54) is 29.8 Å². The number of nitrogens with one attached hydrogen (secondary N) is 1. The van der Waals surface area contributed by atoms with Gasteiger partial charge in [0.2, 0.25) is 5.91 Å². The summed E-state index contributed by atoms with van der Waals surface area (Å²) in [5.41, 5.74) is 6.93. The Bertz CT molecular complexity index is 1470. The molecule has 0 saturated carbocycles. The van der Waals surface area contributed by atoms with E-state index in [-0.39, 0.29) is 0 Å². The maximum absolute atomic E-state index is 11.9. The van der Waals surface area contributed by atoms with Crippen molar-refractivity contribution < 1.29 is 13.6 Å². The Kier molecular flexibility index (Phi) is 7.60. The quantitative estimate of drug-likeness (QED) is 0.137. The van der Waals surface area contributed by atoms with Crippen molar-refractivity contribution in [2.24, 2.45) is 0 Å². The van der Waals surface area contributed by atoms with Crippen molar-refractivity contribution in [1.82, 2.24) is 15.1 Å². The van der Waals surface area contributed by atoms with Gasteiger partial charge in [0.15, 0.2) is 0 Å². The first kappa shape index (κ1) is 22.1. The molecule has 1 N–H and O–H groups in total. The zero-order chi connectivity index (χ0) is 28.5. The maximum atomic E-state index is 11.9. The van der Waals surface area contributed by atoms with E-state index in [1.54, 1.807) is 6.08 Å². The molecule has 4 aromatic rings. The standard InChI is InChI=1S/C32H35N3O2/c1-4-29(24-12-8-7-9-13-24)32(26-17-20-30-27(22-26)23-33-34-30)25-15-18-28(19-16-25)37-21-11-6-5-10-14-31(36)35(2)3/h7-10,12-20,22-23H,4-6,11,21H2,1-3H3,(H,33,34)/b14-10+,32-29+/i2D3. The van der Waals surface area contributed by atoms with E-state index in [4.69, 9.17) is 8.85 Å². The Morgan fingerprint density at radius 1 is 1.03 bits per heavy atom. The number of allylic oxidation sites excluding steroid dienone is 2. The highest BCUT2D eigenvalue weighted by Gasteiger charge is 2.14. The molecule has 0 bridgehead atoms. The third kappa shape index (κ3) is 6.76. The molecule has 1 aromatic heterocycles. The third-order valence-corrected chi connectivity index (χ3v) is 6.27. The molecule has 0 saturated heterocycles. The van der Waals surface area contributed by atoms with Gasteiger partial charge in [-0.3, -0.25) is 9.89 Å². The molecule has 0 spiro atoms. The number of nitrogens with zero attached hydrogens (tertiary/aromatic N) is 2. The Morgan fingerprint density at radius 2 is 1.81 bits per heavy atom. The van der Waals surface area contributed by atoms with Gasteiger partial charge in [0.1, 0.15) is 5.75 Å². The Morgan fingerprint density at radius 3 is 2.57 bits per heavy atom. The smallest absolute Gasteiger partial charge is 0.245 e. The average Bonchev–Trinajstić information content (AvgIpc) is 3.43. The van der Waals surface area contributed by atoms with Gasteiger partial charge in [-0.05, 0) is 83.9 Å². The molecule has 1 amide bonds. The molecular formula is C32H35N3O2. The average molecular weight is 497 g/mol. The molecule has 0 fully saturated rings. The lowest BCUT2D eigenvalue weighted by Gasteiger charge is -2.17. The number of hydrogen-bond donors (Lipinski definition) is 1. The first-order valence-corrected chi connectivity index (χ1v) is 12.7. The minimum atomic E-state index is -2.42. The number of aromatic nitrogens is 2. The molecule has 0 aliphatic carbocycles. The molecule has 1 heterocycles. The van der Waals surface area contributed by atoms with Gasteiger partial charge < -0.3 is 9.64 Å². The number of H-pyrrole nitrogens is 1. The molecule has 190 valence electrons. The second kappa shape index (κ2) is 12.7. The van der Waals surface area contributed by atoms with Crippen LogP contribution in [0.2, 0.25) is 0 Å². The number of amides is 1. The van der Waals surface area contributed by atoms with Crippen LogP contribution in [0.25, 0.3) is 22.0 Å². The molecule has 0 radical (unpaired) electrons. The number of unbranched alkanes of at least 4 members (excludes halogenated alkanes) is 2. The van der Waals surface area contributed by atoms with Crippen molar-refractivity contribution >= 4 is 28.0 Å². The summed E-state index contributed by atoms with van der Waals surface area (Å²) in [4.78, 5) is 12.6. The van der Waals surface area contributed by atoms with Crippen molar-refractivity contribution in [3.05, 3.63) is 108 Å². The number of ether oxygens (including phenoxy) is 1. The number of aromatic amines is 1. The molecule has 5 heteroatoms. The van der Waals surface area contributed by atoms with E-state index in [0.717, 1.165) is 51.9 Å². The summed E-state index contributed by atoms with van der Waals surface area (Å²) < 4.78 is 27.8. The minimum Gasteiger partial charge on any atom is -0.494 e. The minimum absolute atomic E-state index is 0.520. The van der Waals surface area contributed by atoms with Crippen LogP contribution in [0.1, 0.15) is 53.4 Å². The Labute approximate surface area is 223 Å².